The molecule has 0 saturated carbocycles. The number of amides is 1. The van der Waals surface area contributed by atoms with Crippen LogP contribution in [0.3, 0.4) is 0 Å². The first-order valence-electron chi connectivity index (χ1n) is 11.9. The second kappa shape index (κ2) is 10.1. The number of anilines is 1. The van der Waals surface area contributed by atoms with Crippen LogP contribution >= 0.6 is 23.2 Å². The van der Waals surface area contributed by atoms with E-state index < -0.39 is 11.9 Å². The topological polar surface area (TPSA) is 69.0 Å². The molecule has 0 saturated heterocycles. The standard InChI is InChI=1S/C29H25Cl2NO5/c1-16(2)11-12-36-23-9-7-17(13-24(23)35-3)26-25-27(33)21-15-19(31)8-10-22(21)37-28(25)29(34)32(26)20-6-4-5-18(30)14-20/h4-10,13-16,26H,11-12H2,1-3H3. The van der Waals surface area contributed by atoms with E-state index in [-0.39, 0.29) is 16.8 Å². The highest BCUT2D eigenvalue weighted by atomic mass is 35.5. The van der Waals surface area contributed by atoms with E-state index in [0.29, 0.717) is 56.3 Å². The first-order valence-corrected chi connectivity index (χ1v) is 12.7. The van der Waals surface area contributed by atoms with Crippen LogP contribution in [0.15, 0.2) is 69.9 Å². The number of nitrogens with zero attached hydrogens (tertiary/aromatic N) is 1. The molecule has 0 spiro atoms. The molecule has 0 fully saturated rings. The number of benzene rings is 3. The molecule has 190 valence electrons. The number of carbonyl (C=O) groups excluding carboxylic acids is 1. The third-order valence-electron chi connectivity index (χ3n) is 6.37. The predicted octanol–water partition coefficient (Wildman–Crippen LogP) is 7.28. The molecular formula is C29H25Cl2NO5. The van der Waals surface area contributed by atoms with Crippen molar-refractivity contribution in [2.24, 2.45) is 5.92 Å². The molecule has 4 aromatic rings. The number of ether oxygens (including phenoxy) is 2. The normalized spacial score (nSPS) is 14.9. The maximum absolute atomic E-state index is 13.8. The van der Waals surface area contributed by atoms with Gasteiger partial charge in [-0.3, -0.25) is 14.5 Å². The second-order valence-electron chi connectivity index (χ2n) is 9.31. The van der Waals surface area contributed by atoms with Crippen molar-refractivity contribution >= 4 is 45.8 Å². The van der Waals surface area contributed by atoms with Gasteiger partial charge >= 0.3 is 0 Å². The lowest BCUT2D eigenvalue weighted by atomic mass is 9.97. The molecule has 1 atom stereocenters. The van der Waals surface area contributed by atoms with Crippen LogP contribution in [-0.4, -0.2) is 19.6 Å². The predicted molar refractivity (Wildman–Crippen MR) is 146 cm³/mol. The summed E-state index contributed by atoms with van der Waals surface area (Å²) in [5.74, 6) is 1.14. The SMILES string of the molecule is COc1cc(C2c3c(oc4ccc(Cl)cc4c3=O)C(=O)N2c2cccc(Cl)c2)ccc1OCCC(C)C. The van der Waals surface area contributed by atoms with Crippen molar-refractivity contribution in [1.29, 1.82) is 0 Å². The zero-order valence-corrected chi connectivity index (χ0v) is 22.1. The summed E-state index contributed by atoms with van der Waals surface area (Å²) in [6.45, 7) is 4.80. The van der Waals surface area contributed by atoms with E-state index in [0.717, 1.165) is 6.42 Å². The number of halogens is 2. The molecule has 6 nitrogen and oxygen atoms in total. The monoisotopic (exact) mass is 537 g/mol. The number of carbonyl (C=O) groups is 1. The van der Waals surface area contributed by atoms with Gasteiger partial charge in [0.2, 0.25) is 5.76 Å². The van der Waals surface area contributed by atoms with Crippen LogP contribution in [0, 0.1) is 5.92 Å². The van der Waals surface area contributed by atoms with Crippen LogP contribution in [0.5, 0.6) is 11.5 Å². The average molecular weight is 538 g/mol. The molecule has 0 N–H and O–H groups in total. The van der Waals surface area contributed by atoms with Crippen molar-refractivity contribution in [1.82, 2.24) is 0 Å². The van der Waals surface area contributed by atoms with Crippen molar-refractivity contribution in [3.05, 3.63) is 97.8 Å². The molecule has 0 radical (unpaired) electrons. The second-order valence-corrected chi connectivity index (χ2v) is 10.2. The molecule has 0 aliphatic carbocycles. The molecule has 1 aliphatic rings. The molecule has 1 aromatic heterocycles. The Morgan fingerprint density at radius 3 is 2.49 bits per heavy atom. The van der Waals surface area contributed by atoms with Crippen molar-refractivity contribution in [3.8, 4) is 11.5 Å². The Balaban J connectivity index is 1.69. The minimum absolute atomic E-state index is 0.0129. The lowest BCUT2D eigenvalue weighted by molar-refractivity contribution is 0.0971. The van der Waals surface area contributed by atoms with E-state index in [2.05, 4.69) is 13.8 Å². The summed E-state index contributed by atoms with van der Waals surface area (Å²) in [6.07, 6.45) is 0.897. The van der Waals surface area contributed by atoms with Gasteiger partial charge in [0.15, 0.2) is 16.9 Å². The fourth-order valence-electron chi connectivity index (χ4n) is 4.53. The van der Waals surface area contributed by atoms with E-state index in [1.807, 2.05) is 6.07 Å². The van der Waals surface area contributed by atoms with Crippen molar-refractivity contribution in [3.63, 3.8) is 0 Å². The van der Waals surface area contributed by atoms with Gasteiger partial charge in [-0.15, -0.1) is 0 Å². The molecule has 1 aliphatic heterocycles. The largest absolute Gasteiger partial charge is 0.493 e. The van der Waals surface area contributed by atoms with Gasteiger partial charge in [-0.2, -0.15) is 0 Å². The Morgan fingerprint density at radius 1 is 0.973 bits per heavy atom. The molecule has 1 unspecified atom stereocenters. The van der Waals surface area contributed by atoms with E-state index in [1.54, 1.807) is 61.7 Å². The van der Waals surface area contributed by atoms with Crippen molar-refractivity contribution in [2.75, 3.05) is 18.6 Å². The van der Waals surface area contributed by atoms with Crippen LogP contribution in [0.1, 0.15) is 48.0 Å². The molecule has 8 heteroatoms. The molecule has 37 heavy (non-hydrogen) atoms. The molecule has 3 aromatic carbocycles. The third kappa shape index (κ3) is 4.67. The van der Waals surface area contributed by atoms with Gasteiger partial charge in [-0.05, 0) is 66.4 Å². The van der Waals surface area contributed by atoms with Crippen LogP contribution in [0.2, 0.25) is 10.0 Å². The van der Waals surface area contributed by atoms with E-state index >= 15 is 0 Å². The third-order valence-corrected chi connectivity index (χ3v) is 6.84. The number of methoxy groups -OCH3 is 1. The summed E-state index contributed by atoms with van der Waals surface area (Å²) in [6, 6.07) is 16.3. The molecule has 0 bridgehead atoms. The Kier molecular flexibility index (Phi) is 6.88. The summed E-state index contributed by atoms with van der Waals surface area (Å²) < 4.78 is 17.6. The van der Waals surface area contributed by atoms with E-state index in [9.17, 15) is 9.59 Å². The van der Waals surface area contributed by atoms with Gasteiger partial charge in [0, 0.05) is 15.7 Å². The fraction of sp³-hybridized carbons (Fsp3) is 0.241. The van der Waals surface area contributed by atoms with Gasteiger partial charge in [0.1, 0.15) is 5.58 Å². The quantitative estimate of drug-likeness (QED) is 0.247. The summed E-state index contributed by atoms with van der Waals surface area (Å²) in [7, 11) is 1.56. The average Bonchev–Trinajstić information content (AvgIpc) is 3.17. The summed E-state index contributed by atoms with van der Waals surface area (Å²) in [5.41, 5.74) is 1.40. The molecule has 5 rings (SSSR count). The zero-order chi connectivity index (χ0) is 26.3. The first-order chi connectivity index (χ1) is 17.8. The van der Waals surface area contributed by atoms with Gasteiger partial charge in [0.05, 0.1) is 30.7 Å². The zero-order valence-electron chi connectivity index (χ0n) is 20.6. The van der Waals surface area contributed by atoms with Gasteiger partial charge < -0.3 is 13.9 Å². The molecule has 2 heterocycles. The van der Waals surface area contributed by atoms with E-state index in [4.69, 9.17) is 37.1 Å². The van der Waals surface area contributed by atoms with Crippen LogP contribution in [-0.2, 0) is 0 Å². The summed E-state index contributed by atoms with van der Waals surface area (Å²) >= 11 is 12.5. The van der Waals surface area contributed by atoms with Crippen molar-refractivity contribution < 1.29 is 18.7 Å². The van der Waals surface area contributed by atoms with Gasteiger partial charge in [-0.1, -0.05) is 49.2 Å². The maximum Gasteiger partial charge on any atom is 0.295 e. The summed E-state index contributed by atoms with van der Waals surface area (Å²) in [5, 5.41) is 1.16. The number of rotatable bonds is 7. The van der Waals surface area contributed by atoms with E-state index in [1.165, 1.54) is 4.90 Å². The Bertz CT molecular complexity index is 1560. The number of fused-ring (bicyclic) bond motifs is 2. The highest BCUT2D eigenvalue weighted by Crippen LogP contribution is 2.43. The summed E-state index contributed by atoms with van der Waals surface area (Å²) in [4.78, 5) is 29.1. The lowest BCUT2D eigenvalue weighted by Crippen LogP contribution is -2.29. The number of hydrogen-bond donors (Lipinski definition) is 0. The van der Waals surface area contributed by atoms with Crippen LogP contribution in [0.25, 0.3) is 11.0 Å². The van der Waals surface area contributed by atoms with Crippen molar-refractivity contribution in [2.45, 2.75) is 26.3 Å². The fourth-order valence-corrected chi connectivity index (χ4v) is 4.89. The number of hydrogen-bond acceptors (Lipinski definition) is 5. The smallest absolute Gasteiger partial charge is 0.295 e. The van der Waals surface area contributed by atoms with Gasteiger partial charge in [0.25, 0.3) is 5.91 Å². The van der Waals surface area contributed by atoms with Crippen LogP contribution in [0.4, 0.5) is 5.69 Å². The minimum atomic E-state index is -0.779. The lowest BCUT2D eigenvalue weighted by Gasteiger charge is -2.26. The highest BCUT2D eigenvalue weighted by molar-refractivity contribution is 6.31. The Morgan fingerprint density at radius 2 is 1.76 bits per heavy atom. The molecular weight excluding hydrogens is 513 g/mol. The Labute approximate surface area is 224 Å². The Hall–Kier alpha value is -3.48. The molecule has 1 amide bonds. The highest BCUT2D eigenvalue weighted by Gasteiger charge is 2.44. The van der Waals surface area contributed by atoms with Crippen LogP contribution < -0.4 is 19.8 Å². The minimum Gasteiger partial charge on any atom is -0.493 e. The maximum atomic E-state index is 13.8. The van der Waals surface area contributed by atoms with Gasteiger partial charge in [-0.25, -0.2) is 0 Å². The first kappa shape index (κ1) is 25.2.